The van der Waals surface area contributed by atoms with E-state index in [2.05, 4.69) is 4.90 Å². The Hall–Kier alpha value is -3.02. The maximum Gasteiger partial charge on any atom is 0.228 e. The number of piperazine rings is 1. The number of para-hydroxylation sites is 3. The van der Waals surface area contributed by atoms with Crippen LogP contribution in [0.15, 0.2) is 47.5 Å². The molecule has 1 saturated heterocycles. The number of nitrogens with zero attached hydrogens (tertiary/aromatic N) is 3. The number of fused-ring (bicyclic) bond motifs is 2. The SMILES string of the molecule is COc1cccc2c1Oc1ccccc1N=C2N1CCN(C(=O)C(C)(C)C)CC1. The van der Waals surface area contributed by atoms with Gasteiger partial charge in [0.15, 0.2) is 17.2 Å². The summed E-state index contributed by atoms with van der Waals surface area (Å²) in [6.45, 7) is 8.70. The molecular formula is C23H27N3O3. The number of rotatable bonds is 1. The molecule has 152 valence electrons. The zero-order chi connectivity index (χ0) is 20.6. The van der Waals surface area contributed by atoms with Crippen LogP contribution in [0.3, 0.4) is 0 Å². The van der Waals surface area contributed by atoms with Gasteiger partial charge in [-0.2, -0.15) is 0 Å². The average Bonchev–Trinajstić information content (AvgIpc) is 2.89. The monoisotopic (exact) mass is 393 g/mol. The van der Waals surface area contributed by atoms with Crippen LogP contribution in [0, 0.1) is 5.41 Å². The van der Waals surface area contributed by atoms with Crippen LogP contribution in [-0.2, 0) is 4.79 Å². The van der Waals surface area contributed by atoms with E-state index >= 15 is 0 Å². The van der Waals surface area contributed by atoms with Crippen LogP contribution >= 0.6 is 0 Å². The second kappa shape index (κ2) is 7.43. The van der Waals surface area contributed by atoms with Gasteiger partial charge < -0.3 is 19.3 Å². The van der Waals surface area contributed by atoms with E-state index in [-0.39, 0.29) is 11.3 Å². The van der Waals surface area contributed by atoms with Crippen LogP contribution in [-0.4, -0.2) is 54.8 Å². The van der Waals surface area contributed by atoms with Crippen molar-refractivity contribution in [2.75, 3.05) is 33.3 Å². The van der Waals surface area contributed by atoms with E-state index < -0.39 is 0 Å². The molecular weight excluding hydrogens is 366 g/mol. The number of amidine groups is 1. The summed E-state index contributed by atoms with van der Waals surface area (Å²) in [6.07, 6.45) is 0. The van der Waals surface area contributed by atoms with E-state index in [0.717, 1.165) is 30.2 Å². The van der Waals surface area contributed by atoms with Crippen LogP contribution in [0.25, 0.3) is 0 Å². The molecule has 0 aromatic heterocycles. The lowest BCUT2D eigenvalue weighted by Gasteiger charge is -2.39. The summed E-state index contributed by atoms with van der Waals surface area (Å²) in [6, 6.07) is 13.6. The van der Waals surface area contributed by atoms with Crippen molar-refractivity contribution in [3.05, 3.63) is 48.0 Å². The number of carbonyl (C=O) groups excluding carboxylic acids is 1. The van der Waals surface area contributed by atoms with Gasteiger partial charge in [-0.3, -0.25) is 4.79 Å². The largest absolute Gasteiger partial charge is 0.493 e. The number of amides is 1. The first kappa shape index (κ1) is 19.3. The van der Waals surface area contributed by atoms with Gasteiger partial charge in [-0.1, -0.05) is 39.0 Å². The fourth-order valence-corrected chi connectivity index (χ4v) is 3.71. The second-order valence-corrected chi connectivity index (χ2v) is 8.37. The molecule has 0 saturated carbocycles. The maximum absolute atomic E-state index is 12.6. The minimum absolute atomic E-state index is 0.190. The minimum Gasteiger partial charge on any atom is -0.493 e. The normalized spacial score (nSPS) is 16.2. The molecule has 1 fully saturated rings. The fraction of sp³-hybridized carbons (Fsp3) is 0.391. The molecule has 0 bridgehead atoms. The Kier molecular flexibility index (Phi) is 4.94. The Morgan fingerprint density at radius 1 is 1.03 bits per heavy atom. The zero-order valence-electron chi connectivity index (χ0n) is 17.4. The molecule has 0 atom stereocenters. The molecule has 0 spiro atoms. The first-order valence-electron chi connectivity index (χ1n) is 9.96. The molecule has 1 amide bonds. The number of hydrogen-bond acceptors (Lipinski definition) is 5. The number of carbonyl (C=O) groups is 1. The van der Waals surface area contributed by atoms with Crippen molar-refractivity contribution in [1.29, 1.82) is 0 Å². The van der Waals surface area contributed by atoms with Crippen LogP contribution < -0.4 is 9.47 Å². The number of benzene rings is 2. The molecule has 6 heteroatoms. The van der Waals surface area contributed by atoms with Gasteiger partial charge in [0.2, 0.25) is 5.91 Å². The topological polar surface area (TPSA) is 54.4 Å². The predicted molar refractivity (Wildman–Crippen MR) is 113 cm³/mol. The zero-order valence-corrected chi connectivity index (χ0v) is 17.4. The number of methoxy groups -OCH3 is 1. The lowest BCUT2D eigenvalue weighted by molar-refractivity contribution is -0.140. The first-order chi connectivity index (χ1) is 13.9. The standard InChI is InChI=1S/C23H27N3O3/c1-23(2,3)22(27)26-14-12-25(13-15-26)21-16-8-7-11-19(28-4)20(16)29-18-10-6-5-9-17(18)24-21/h5-11H,12-15H2,1-4H3. The maximum atomic E-state index is 12.6. The number of hydrogen-bond donors (Lipinski definition) is 0. The average molecular weight is 393 g/mol. The highest BCUT2D eigenvalue weighted by Gasteiger charge is 2.32. The van der Waals surface area contributed by atoms with Gasteiger partial charge in [-0.05, 0) is 24.3 Å². The molecule has 6 nitrogen and oxygen atoms in total. The highest BCUT2D eigenvalue weighted by atomic mass is 16.5. The quantitative estimate of drug-likeness (QED) is 0.733. The van der Waals surface area contributed by atoms with Crippen LogP contribution in [0.1, 0.15) is 26.3 Å². The van der Waals surface area contributed by atoms with Gasteiger partial charge in [-0.25, -0.2) is 4.99 Å². The van der Waals surface area contributed by atoms with Gasteiger partial charge >= 0.3 is 0 Å². The summed E-state index contributed by atoms with van der Waals surface area (Å²) in [5, 5.41) is 0. The Labute approximate surface area is 171 Å². The van der Waals surface area contributed by atoms with Gasteiger partial charge in [0, 0.05) is 31.6 Å². The van der Waals surface area contributed by atoms with Crippen molar-refractivity contribution in [3.8, 4) is 17.2 Å². The van der Waals surface area contributed by atoms with E-state index in [1.54, 1.807) is 7.11 Å². The van der Waals surface area contributed by atoms with Crippen molar-refractivity contribution in [2.45, 2.75) is 20.8 Å². The molecule has 0 N–H and O–H groups in total. The van der Waals surface area contributed by atoms with E-state index in [9.17, 15) is 4.79 Å². The molecule has 4 rings (SSSR count). The van der Waals surface area contributed by atoms with E-state index in [4.69, 9.17) is 14.5 Å². The molecule has 0 radical (unpaired) electrons. The lowest BCUT2D eigenvalue weighted by Crippen LogP contribution is -2.53. The molecule has 2 aromatic rings. The lowest BCUT2D eigenvalue weighted by atomic mass is 9.94. The molecule has 2 aliphatic heterocycles. The van der Waals surface area contributed by atoms with Crippen LogP contribution in [0.5, 0.6) is 17.2 Å². The Balaban J connectivity index is 1.69. The molecule has 0 aliphatic carbocycles. The van der Waals surface area contributed by atoms with Gasteiger partial charge in [0.1, 0.15) is 11.5 Å². The second-order valence-electron chi connectivity index (χ2n) is 8.37. The minimum atomic E-state index is -0.366. The van der Waals surface area contributed by atoms with E-state index in [1.807, 2.05) is 68.1 Å². The highest BCUT2D eigenvalue weighted by molar-refractivity contribution is 6.04. The number of ether oxygens (including phenoxy) is 2. The third kappa shape index (κ3) is 3.67. The Morgan fingerprint density at radius 3 is 2.45 bits per heavy atom. The summed E-state index contributed by atoms with van der Waals surface area (Å²) >= 11 is 0. The third-order valence-electron chi connectivity index (χ3n) is 5.25. The molecule has 29 heavy (non-hydrogen) atoms. The summed E-state index contributed by atoms with van der Waals surface area (Å²) in [5.41, 5.74) is 1.32. The first-order valence-corrected chi connectivity index (χ1v) is 9.96. The predicted octanol–water partition coefficient (Wildman–Crippen LogP) is 4.07. The molecule has 0 unspecified atom stereocenters. The van der Waals surface area contributed by atoms with Gasteiger partial charge in [-0.15, -0.1) is 0 Å². The third-order valence-corrected chi connectivity index (χ3v) is 5.25. The van der Waals surface area contributed by atoms with Crippen molar-refractivity contribution < 1.29 is 14.3 Å². The summed E-state index contributed by atoms with van der Waals surface area (Å²) in [7, 11) is 1.64. The molecule has 2 aliphatic rings. The van der Waals surface area contributed by atoms with Crippen molar-refractivity contribution in [2.24, 2.45) is 10.4 Å². The smallest absolute Gasteiger partial charge is 0.228 e. The van der Waals surface area contributed by atoms with Crippen LogP contribution in [0.4, 0.5) is 5.69 Å². The highest BCUT2D eigenvalue weighted by Crippen LogP contribution is 2.42. The fourth-order valence-electron chi connectivity index (χ4n) is 3.71. The summed E-state index contributed by atoms with van der Waals surface area (Å²) in [5.74, 6) is 3.09. The molecule has 2 aromatic carbocycles. The van der Waals surface area contributed by atoms with Crippen molar-refractivity contribution in [3.63, 3.8) is 0 Å². The van der Waals surface area contributed by atoms with E-state index in [0.29, 0.717) is 30.3 Å². The van der Waals surface area contributed by atoms with Gasteiger partial charge in [0.05, 0.1) is 12.7 Å². The van der Waals surface area contributed by atoms with Crippen molar-refractivity contribution in [1.82, 2.24) is 9.80 Å². The Bertz CT molecular complexity index is 954. The number of aliphatic imine (C=N–C) groups is 1. The van der Waals surface area contributed by atoms with E-state index in [1.165, 1.54) is 0 Å². The van der Waals surface area contributed by atoms with Crippen LogP contribution in [0.2, 0.25) is 0 Å². The molecule has 2 heterocycles. The Morgan fingerprint density at radius 2 is 1.76 bits per heavy atom. The summed E-state index contributed by atoms with van der Waals surface area (Å²) < 4.78 is 11.8. The summed E-state index contributed by atoms with van der Waals surface area (Å²) in [4.78, 5) is 21.8. The van der Waals surface area contributed by atoms with Gasteiger partial charge in [0.25, 0.3) is 0 Å². The van der Waals surface area contributed by atoms with Crippen molar-refractivity contribution >= 4 is 17.4 Å².